The molecule has 0 heterocycles. The number of carbonyl (C=O) groups is 2. The minimum atomic E-state index is -4.17. The van der Waals surface area contributed by atoms with Gasteiger partial charge in [-0.3, -0.25) is 13.9 Å². The molecule has 4 rings (SSSR count). The van der Waals surface area contributed by atoms with Gasteiger partial charge in [-0.25, -0.2) is 8.42 Å². The number of likely N-dealkylation sites (N-methyl/N-ethyl adjacent to an activating group) is 1. The van der Waals surface area contributed by atoms with Crippen LogP contribution in [0.4, 0.5) is 5.69 Å². The van der Waals surface area contributed by atoms with Gasteiger partial charge < -0.3 is 10.2 Å². The summed E-state index contributed by atoms with van der Waals surface area (Å²) in [5.74, 6) is -0.974. The summed E-state index contributed by atoms with van der Waals surface area (Å²) in [5, 5.41) is 3.48. The molecule has 224 valence electrons. The molecular weight excluding hydrogens is 605 g/mol. The second-order valence-electron chi connectivity index (χ2n) is 9.98. The summed E-state index contributed by atoms with van der Waals surface area (Å²) >= 11 is 13.0. The van der Waals surface area contributed by atoms with Gasteiger partial charge in [-0.05, 0) is 55.8 Å². The summed E-state index contributed by atoms with van der Waals surface area (Å²) in [5.41, 5.74) is 2.49. The highest BCUT2D eigenvalue weighted by Crippen LogP contribution is 2.29. The zero-order valence-electron chi connectivity index (χ0n) is 23.9. The fraction of sp³-hybridized carbons (Fsp3) is 0.212. The lowest BCUT2D eigenvalue weighted by Gasteiger charge is -2.34. The summed E-state index contributed by atoms with van der Waals surface area (Å²) in [7, 11) is -4.17. The Labute approximate surface area is 263 Å². The van der Waals surface area contributed by atoms with Gasteiger partial charge in [0.2, 0.25) is 11.8 Å². The Hall–Kier alpha value is -3.85. The number of para-hydroxylation sites is 1. The molecular formula is C33H33Cl2N3O4S. The summed E-state index contributed by atoms with van der Waals surface area (Å²) < 4.78 is 29.1. The maximum atomic E-state index is 14.4. The molecule has 0 saturated heterocycles. The molecule has 7 nitrogen and oxygen atoms in total. The van der Waals surface area contributed by atoms with Crippen LogP contribution in [-0.4, -0.2) is 44.3 Å². The fourth-order valence-corrected chi connectivity index (χ4v) is 6.59. The molecule has 1 atom stereocenters. The van der Waals surface area contributed by atoms with Crippen molar-refractivity contribution in [2.24, 2.45) is 0 Å². The number of anilines is 1. The number of halogens is 2. The van der Waals surface area contributed by atoms with Crippen molar-refractivity contribution in [1.29, 1.82) is 0 Å². The Morgan fingerprint density at radius 1 is 0.814 bits per heavy atom. The lowest BCUT2D eigenvalue weighted by molar-refractivity contribution is -0.140. The average molecular weight is 639 g/mol. The van der Waals surface area contributed by atoms with Gasteiger partial charge in [0.25, 0.3) is 10.0 Å². The highest BCUT2D eigenvalue weighted by molar-refractivity contribution is 7.92. The molecule has 43 heavy (non-hydrogen) atoms. The van der Waals surface area contributed by atoms with Crippen LogP contribution in [0.15, 0.2) is 108 Å². The standard InChI is InChI=1S/C33H33Cl2N3O4S/c1-3-36-33(40)31(21-25-11-6-4-7-12-25)37(22-28-29(34)15-10-16-30(28)35)32(39)23-38(26-13-8-5-9-14-26)43(41,42)27-19-17-24(2)18-20-27/h4-20,31H,3,21-23H2,1-2H3,(H,36,40). The average Bonchev–Trinajstić information content (AvgIpc) is 3.00. The zero-order chi connectivity index (χ0) is 31.0. The Kier molecular flexibility index (Phi) is 10.9. The van der Waals surface area contributed by atoms with Crippen molar-refractivity contribution >= 4 is 50.7 Å². The van der Waals surface area contributed by atoms with Gasteiger partial charge in [-0.2, -0.15) is 0 Å². The summed E-state index contributed by atoms with van der Waals surface area (Å²) in [6.45, 7) is 3.32. The number of nitrogens with one attached hydrogen (secondary N) is 1. The molecule has 0 saturated carbocycles. The molecule has 0 aliphatic rings. The van der Waals surface area contributed by atoms with Crippen LogP contribution >= 0.6 is 23.2 Å². The van der Waals surface area contributed by atoms with Crippen LogP contribution in [0.25, 0.3) is 0 Å². The van der Waals surface area contributed by atoms with Gasteiger partial charge in [-0.15, -0.1) is 0 Å². The predicted octanol–water partition coefficient (Wildman–Crippen LogP) is 6.27. The highest BCUT2D eigenvalue weighted by Gasteiger charge is 2.35. The van der Waals surface area contributed by atoms with E-state index in [1.54, 1.807) is 67.6 Å². The number of sulfonamides is 1. The van der Waals surface area contributed by atoms with Crippen LogP contribution in [0.5, 0.6) is 0 Å². The van der Waals surface area contributed by atoms with Crippen LogP contribution in [-0.2, 0) is 32.6 Å². The first-order valence-corrected chi connectivity index (χ1v) is 16.0. The number of amides is 2. The van der Waals surface area contributed by atoms with E-state index in [4.69, 9.17) is 23.2 Å². The van der Waals surface area contributed by atoms with Gasteiger partial charge in [0.05, 0.1) is 10.6 Å². The SMILES string of the molecule is CCNC(=O)C(Cc1ccccc1)N(Cc1c(Cl)cccc1Cl)C(=O)CN(c1ccccc1)S(=O)(=O)c1ccc(C)cc1. The number of rotatable bonds is 12. The lowest BCUT2D eigenvalue weighted by Crippen LogP contribution is -2.53. The maximum Gasteiger partial charge on any atom is 0.264 e. The van der Waals surface area contributed by atoms with Crippen molar-refractivity contribution in [1.82, 2.24) is 10.2 Å². The minimum Gasteiger partial charge on any atom is -0.355 e. The number of hydrogen-bond donors (Lipinski definition) is 1. The molecule has 0 spiro atoms. The minimum absolute atomic E-state index is 0.0417. The van der Waals surface area contributed by atoms with E-state index in [-0.39, 0.29) is 23.8 Å². The molecule has 0 fully saturated rings. The van der Waals surface area contributed by atoms with Crippen LogP contribution in [0.2, 0.25) is 10.0 Å². The van der Waals surface area contributed by atoms with Crippen molar-refractivity contribution < 1.29 is 18.0 Å². The van der Waals surface area contributed by atoms with E-state index in [2.05, 4.69) is 5.32 Å². The molecule has 4 aromatic rings. The number of nitrogens with zero attached hydrogens (tertiary/aromatic N) is 2. The molecule has 0 aromatic heterocycles. The van der Waals surface area contributed by atoms with Crippen LogP contribution < -0.4 is 9.62 Å². The van der Waals surface area contributed by atoms with E-state index in [1.807, 2.05) is 37.3 Å². The summed E-state index contributed by atoms with van der Waals surface area (Å²) in [6.07, 6.45) is 0.191. The Morgan fingerprint density at radius 2 is 1.40 bits per heavy atom. The predicted molar refractivity (Wildman–Crippen MR) is 172 cm³/mol. The summed E-state index contributed by atoms with van der Waals surface area (Å²) in [6, 6.07) is 28.2. The maximum absolute atomic E-state index is 14.4. The van der Waals surface area contributed by atoms with E-state index in [0.29, 0.717) is 27.8 Å². The third-order valence-electron chi connectivity index (χ3n) is 6.94. The topological polar surface area (TPSA) is 86.8 Å². The van der Waals surface area contributed by atoms with Crippen molar-refractivity contribution in [3.63, 3.8) is 0 Å². The van der Waals surface area contributed by atoms with E-state index >= 15 is 0 Å². The van der Waals surface area contributed by atoms with E-state index < -0.39 is 28.5 Å². The van der Waals surface area contributed by atoms with E-state index in [1.165, 1.54) is 17.0 Å². The second kappa shape index (κ2) is 14.6. The second-order valence-corrected chi connectivity index (χ2v) is 12.7. The lowest BCUT2D eigenvalue weighted by atomic mass is 10.0. The molecule has 0 bridgehead atoms. The first-order valence-electron chi connectivity index (χ1n) is 13.8. The molecule has 10 heteroatoms. The van der Waals surface area contributed by atoms with Crippen molar-refractivity contribution in [2.45, 2.75) is 37.8 Å². The number of carbonyl (C=O) groups excluding carboxylic acids is 2. The first kappa shape index (κ1) is 32.1. The Balaban J connectivity index is 1.81. The Morgan fingerprint density at radius 3 is 1.98 bits per heavy atom. The largest absolute Gasteiger partial charge is 0.355 e. The van der Waals surface area contributed by atoms with Crippen molar-refractivity contribution in [3.05, 3.63) is 130 Å². The fourth-order valence-electron chi connectivity index (χ4n) is 4.66. The molecule has 0 radical (unpaired) electrons. The van der Waals surface area contributed by atoms with E-state index in [0.717, 1.165) is 15.4 Å². The first-order chi connectivity index (χ1) is 20.6. The molecule has 4 aromatic carbocycles. The quantitative estimate of drug-likeness (QED) is 0.198. The molecule has 0 aliphatic heterocycles. The highest BCUT2D eigenvalue weighted by atomic mass is 35.5. The van der Waals surface area contributed by atoms with Crippen molar-refractivity contribution in [3.8, 4) is 0 Å². The monoisotopic (exact) mass is 637 g/mol. The number of hydrogen-bond acceptors (Lipinski definition) is 4. The number of aryl methyl sites for hydroxylation is 1. The summed E-state index contributed by atoms with van der Waals surface area (Å²) in [4.78, 5) is 29.3. The van der Waals surface area contributed by atoms with Gasteiger partial charge in [0, 0.05) is 35.1 Å². The molecule has 1 unspecified atom stereocenters. The van der Waals surface area contributed by atoms with Crippen LogP contribution in [0.1, 0.15) is 23.6 Å². The third-order valence-corrected chi connectivity index (χ3v) is 9.44. The van der Waals surface area contributed by atoms with Crippen molar-refractivity contribution in [2.75, 3.05) is 17.4 Å². The smallest absolute Gasteiger partial charge is 0.264 e. The number of benzene rings is 4. The Bertz CT molecular complexity index is 1630. The van der Waals surface area contributed by atoms with Gasteiger partial charge >= 0.3 is 0 Å². The molecule has 2 amide bonds. The third kappa shape index (κ3) is 7.96. The van der Waals surface area contributed by atoms with Gasteiger partial charge in [-0.1, -0.05) is 95.5 Å². The van der Waals surface area contributed by atoms with Crippen LogP contribution in [0, 0.1) is 6.92 Å². The zero-order valence-corrected chi connectivity index (χ0v) is 26.2. The van der Waals surface area contributed by atoms with Crippen LogP contribution in [0.3, 0.4) is 0 Å². The van der Waals surface area contributed by atoms with Gasteiger partial charge in [0.15, 0.2) is 0 Å². The van der Waals surface area contributed by atoms with E-state index in [9.17, 15) is 18.0 Å². The van der Waals surface area contributed by atoms with Gasteiger partial charge in [0.1, 0.15) is 12.6 Å². The normalized spacial score (nSPS) is 11.9. The molecule has 1 N–H and O–H groups in total. The molecule has 0 aliphatic carbocycles.